The first-order chi connectivity index (χ1) is 17.9. The zero-order chi connectivity index (χ0) is 26.4. The SMILES string of the molecule is C[C@@H]1CN([C@H](C)CO)C(=O)c2cc(/C=C/c3ccccc3)cnc2O[C@@H]1CN(C)C(=O)c1ccncc1. The molecule has 0 saturated carbocycles. The van der Waals surface area contributed by atoms with E-state index in [1.165, 1.54) is 0 Å². The summed E-state index contributed by atoms with van der Waals surface area (Å²) in [6.45, 7) is 4.29. The Morgan fingerprint density at radius 2 is 1.89 bits per heavy atom. The number of aromatic nitrogens is 2. The predicted molar refractivity (Wildman–Crippen MR) is 142 cm³/mol. The lowest BCUT2D eigenvalue weighted by molar-refractivity contribution is 0.0313. The fourth-order valence-corrected chi connectivity index (χ4v) is 4.25. The zero-order valence-electron chi connectivity index (χ0n) is 21.3. The summed E-state index contributed by atoms with van der Waals surface area (Å²) in [5.41, 5.74) is 2.65. The van der Waals surface area contributed by atoms with E-state index in [-0.39, 0.29) is 36.3 Å². The highest BCUT2D eigenvalue weighted by atomic mass is 16.5. The first-order valence-corrected chi connectivity index (χ1v) is 12.3. The standard InChI is InChI=1S/C29H32N4O4/c1-20-17-33(21(2)19-34)29(36)25-15-23(10-9-22-7-5-4-6-8-22)16-31-27(25)37-26(20)18-32(3)28(35)24-11-13-30-14-12-24/h4-16,20-21,26,34H,17-19H2,1-3H3/b10-9+/t20-,21-,26-/m1/s1. The Labute approximate surface area is 217 Å². The summed E-state index contributed by atoms with van der Waals surface area (Å²) in [6, 6.07) is 14.6. The number of ether oxygens (including phenoxy) is 1. The van der Waals surface area contributed by atoms with Gasteiger partial charge in [-0.25, -0.2) is 4.98 Å². The van der Waals surface area contributed by atoms with Gasteiger partial charge in [0.25, 0.3) is 11.8 Å². The number of carbonyl (C=O) groups is 2. The number of carbonyl (C=O) groups excluding carboxylic acids is 2. The molecule has 1 aromatic carbocycles. The van der Waals surface area contributed by atoms with Gasteiger partial charge in [-0.2, -0.15) is 0 Å². The van der Waals surface area contributed by atoms with Crippen molar-refractivity contribution in [1.82, 2.24) is 19.8 Å². The third kappa shape index (κ3) is 6.21. The van der Waals surface area contributed by atoms with Crippen LogP contribution in [0.5, 0.6) is 5.88 Å². The molecule has 0 fully saturated rings. The second-order valence-corrected chi connectivity index (χ2v) is 9.41. The van der Waals surface area contributed by atoms with Gasteiger partial charge in [0.2, 0.25) is 5.88 Å². The summed E-state index contributed by atoms with van der Waals surface area (Å²) in [4.78, 5) is 38.3. The summed E-state index contributed by atoms with van der Waals surface area (Å²) >= 11 is 0. The van der Waals surface area contributed by atoms with E-state index in [9.17, 15) is 14.7 Å². The minimum Gasteiger partial charge on any atom is -0.472 e. The third-order valence-electron chi connectivity index (χ3n) is 6.54. The number of hydrogen-bond acceptors (Lipinski definition) is 6. The molecule has 192 valence electrons. The van der Waals surface area contributed by atoms with Crippen LogP contribution in [-0.4, -0.2) is 75.6 Å². The van der Waals surface area contributed by atoms with E-state index in [2.05, 4.69) is 9.97 Å². The fraction of sp³-hybridized carbons (Fsp3) is 0.310. The van der Waals surface area contributed by atoms with Crippen LogP contribution >= 0.6 is 0 Å². The van der Waals surface area contributed by atoms with E-state index >= 15 is 0 Å². The van der Waals surface area contributed by atoms with Crippen molar-refractivity contribution in [2.75, 3.05) is 26.7 Å². The monoisotopic (exact) mass is 500 g/mol. The Hall–Kier alpha value is -4.04. The van der Waals surface area contributed by atoms with Crippen LogP contribution in [0.2, 0.25) is 0 Å². The van der Waals surface area contributed by atoms with Crippen LogP contribution in [0.3, 0.4) is 0 Å². The lowest BCUT2D eigenvalue weighted by Gasteiger charge is -2.37. The first-order valence-electron chi connectivity index (χ1n) is 12.3. The zero-order valence-corrected chi connectivity index (χ0v) is 21.3. The molecule has 4 rings (SSSR count). The van der Waals surface area contributed by atoms with Crippen molar-refractivity contribution in [3.05, 3.63) is 89.4 Å². The van der Waals surface area contributed by atoms with Gasteiger partial charge < -0.3 is 19.6 Å². The van der Waals surface area contributed by atoms with Gasteiger partial charge in [0.15, 0.2) is 0 Å². The minimum atomic E-state index is -0.422. The van der Waals surface area contributed by atoms with Crippen molar-refractivity contribution >= 4 is 24.0 Å². The van der Waals surface area contributed by atoms with E-state index in [0.29, 0.717) is 24.2 Å². The molecule has 2 amide bonds. The van der Waals surface area contributed by atoms with Crippen molar-refractivity contribution < 1.29 is 19.4 Å². The number of rotatable bonds is 7. The summed E-state index contributed by atoms with van der Waals surface area (Å²) in [6.07, 6.45) is 8.26. The Morgan fingerprint density at radius 3 is 2.59 bits per heavy atom. The normalized spacial score (nSPS) is 18.5. The highest BCUT2D eigenvalue weighted by Crippen LogP contribution is 2.28. The van der Waals surface area contributed by atoms with E-state index in [1.807, 2.05) is 56.3 Å². The maximum Gasteiger partial charge on any atom is 0.259 e. The summed E-state index contributed by atoms with van der Waals surface area (Å²) in [5.74, 6) is -0.298. The summed E-state index contributed by atoms with van der Waals surface area (Å²) in [5, 5.41) is 9.87. The molecule has 1 aliphatic heterocycles. The predicted octanol–water partition coefficient (Wildman–Crippen LogP) is 3.64. The highest BCUT2D eigenvalue weighted by molar-refractivity contribution is 5.97. The van der Waals surface area contributed by atoms with Gasteiger partial charge >= 0.3 is 0 Å². The van der Waals surface area contributed by atoms with E-state index in [0.717, 1.165) is 11.1 Å². The maximum atomic E-state index is 13.6. The van der Waals surface area contributed by atoms with Crippen molar-refractivity contribution in [3.8, 4) is 5.88 Å². The maximum absolute atomic E-state index is 13.6. The molecule has 8 nitrogen and oxygen atoms in total. The van der Waals surface area contributed by atoms with E-state index in [1.54, 1.807) is 53.6 Å². The van der Waals surface area contributed by atoms with Crippen molar-refractivity contribution in [1.29, 1.82) is 0 Å². The number of hydrogen-bond donors (Lipinski definition) is 1. The molecule has 8 heteroatoms. The van der Waals surface area contributed by atoms with E-state index in [4.69, 9.17) is 4.74 Å². The lowest BCUT2D eigenvalue weighted by atomic mass is 9.99. The quantitative estimate of drug-likeness (QED) is 0.532. The van der Waals surface area contributed by atoms with Crippen molar-refractivity contribution in [2.24, 2.45) is 5.92 Å². The van der Waals surface area contributed by atoms with Crippen LogP contribution in [0.4, 0.5) is 0 Å². The van der Waals surface area contributed by atoms with Crippen LogP contribution in [-0.2, 0) is 0 Å². The number of aliphatic hydroxyl groups excluding tert-OH is 1. The topological polar surface area (TPSA) is 95.9 Å². The molecule has 2 aromatic heterocycles. The van der Waals surface area contributed by atoms with E-state index < -0.39 is 6.10 Å². The van der Waals surface area contributed by atoms with Crippen molar-refractivity contribution in [2.45, 2.75) is 26.0 Å². The van der Waals surface area contributed by atoms with Gasteiger partial charge in [0.1, 0.15) is 11.7 Å². The van der Waals surface area contributed by atoms with Gasteiger partial charge in [0, 0.05) is 43.7 Å². The Kier molecular flexibility index (Phi) is 8.30. The van der Waals surface area contributed by atoms with Crippen LogP contribution < -0.4 is 4.74 Å². The Balaban J connectivity index is 1.64. The molecule has 37 heavy (non-hydrogen) atoms. The molecule has 3 aromatic rings. The Bertz CT molecular complexity index is 1250. The number of amides is 2. The Morgan fingerprint density at radius 1 is 1.19 bits per heavy atom. The molecular weight excluding hydrogens is 468 g/mol. The first kappa shape index (κ1) is 26.0. The average molecular weight is 501 g/mol. The van der Waals surface area contributed by atoms with Crippen LogP contribution in [0.1, 0.15) is 45.7 Å². The van der Waals surface area contributed by atoms with Crippen LogP contribution in [0.15, 0.2) is 67.1 Å². The van der Waals surface area contributed by atoms with Gasteiger partial charge in [-0.05, 0) is 36.2 Å². The molecule has 0 bridgehead atoms. The third-order valence-corrected chi connectivity index (χ3v) is 6.54. The molecule has 0 saturated heterocycles. The average Bonchev–Trinajstić information content (AvgIpc) is 2.94. The van der Waals surface area contributed by atoms with Gasteiger partial charge in [-0.15, -0.1) is 0 Å². The number of benzene rings is 1. The number of nitrogens with zero attached hydrogens (tertiary/aromatic N) is 4. The largest absolute Gasteiger partial charge is 0.472 e. The lowest BCUT2D eigenvalue weighted by Crippen LogP contribution is -2.50. The molecule has 0 unspecified atom stereocenters. The number of likely N-dealkylation sites (N-methyl/N-ethyl adjacent to an activating group) is 1. The fourth-order valence-electron chi connectivity index (χ4n) is 4.25. The smallest absolute Gasteiger partial charge is 0.259 e. The molecule has 3 atom stereocenters. The summed E-state index contributed by atoms with van der Waals surface area (Å²) in [7, 11) is 1.72. The van der Waals surface area contributed by atoms with Gasteiger partial charge in [-0.1, -0.05) is 49.4 Å². The molecule has 0 radical (unpaired) electrons. The molecule has 1 aliphatic rings. The molecule has 0 aliphatic carbocycles. The number of aliphatic hydroxyl groups is 1. The second-order valence-electron chi connectivity index (χ2n) is 9.41. The molecular formula is C29H32N4O4. The van der Waals surface area contributed by atoms with Crippen molar-refractivity contribution in [3.63, 3.8) is 0 Å². The molecule has 0 spiro atoms. The molecule has 1 N–H and O–H groups in total. The summed E-state index contributed by atoms with van der Waals surface area (Å²) < 4.78 is 6.30. The van der Waals surface area contributed by atoms with Gasteiger partial charge in [-0.3, -0.25) is 14.6 Å². The van der Waals surface area contributed by atoms with Crippen LogP contribution in [0.25, 0.3) is 12.2 Å². The number of fused-ring (bicyclic) bond motifs is 1. The minimum absolute atomic E-state index is 0.127. The van der Waals surface area contributed by atoms with Crippen LogP contribution in [0, 0.1) is 5.92 Å². The molecule has 3 heterocycles. The second kappa shape index (κ2) is 11.8. The highest BCUT2D eigenvalue weighted by Gasteiger charge is 2.34. The number of pyridine rings is 2. The van der Waals surface area contributed by atoms with Gasteiger partial charge in [0.05, 0.1) is 19.2 Å².